The highest BCUT2D eigenvalue weighted by atomic mass is 17.2. The van der Waals surface area contributed by atoms with Crippen molar-refractivity contribution in [3.05, 3.63) is 12.2 Å². The number of carbonyl (C=O) groups is 5. The predicted octanol–water partition coefficient (Wildman–Crippen LogP) is -4.31. The molecular weight excluding hydrogens is 420 g/mol. The van der Waals surface area contributed by atoms with Crippen LogP contribution < -0.4 is 0 Å². The summed E-state index contributed by atoms with van der Waals surface area (Å²) < 4.78 is 4.80. The first-order valence-electron chi connectivity index (χ1n) is 7.99. The molecule has 15 nitrogen and oxygen atoms in total. The lowest BCUT2D eigenvalue weighted by Crippen LogP contribution is -2.65. The summed E-state index contributed by atoms with van der Waals surface area (Å²) in [6, 6.07) is 0. The molecule has 5 atom stereocenters. The Balaban J connectivity index is 2.51. The highest BCUT2D eigenvalue weighted by Crippen LogP contribution is 2.31. The van der Waals surface area contributed by atoms with E-state index in [1.807, 2.05) is 0 Å². The van der Waals surface area contributed by atoms with E-state index in [1.54, 1.807) is 0 Å². The van der Waals surface area contributed by atoms with Crippen LogP contribution in [0.4, 0.5) is 0 Å². The third kappa shape index (κ3) is 6.83. The molecule has 0 radical (unpaired) electrons. The third-order valence-corrected chi connectivity index (χ3v) is 3.51. The maximum Gasteiger partial charge on any atom is 0.421 e. The lowest BCUT2D eigenvalue weighted by atomic mass is 9.91. The lowest BCUT2D eigenvalue weighted by molar-refractivity contribution is -0.352. The van der Waals surface area contributed by atoms with Crippen LogP contribution in [-0.4, -0.2) is 92.0 Å². The first-order chi connectivity index (χ1) is 13.9. The van der Waals surface area contributed by atoms with E-state index in [0.29, 0.717) is 12.2 Å². The maximum absolute atomic E-state index is 11.7. The zero-order valence-corrected chi connectivity index (χ0v) is 15.2. The average Bonchev–Trinajstić information content (AvgIpc) is 2.69. The number of aliphatic hydroxyl groups excluding tert-OH is 4. The van der Waals surface area contributed by atoms with Gasteiger partial charge in [0.05, 0.1) is 6.61 Å². The second-order valence-electron chi connectivity index (χ2n) is 5.81. The Labute approximate surface area is 166 Å². The summed E-state index contributed by atoms with van der Waals surface area (Å²) in [5.74, 6) is -9.66. The van der Waals surface area contributed by atoms with Crippen molar-refractivity contribution in [2.24, 2.45) is 0 Å². The normalized spacial score (nSPS) is 28.5. The number of hydrogen-bond donors (Lipinski definition) is 5. The molecule has 0 aromatic carbocycles. The van der Waals surface area contributed by atoms with Gasteiger partial charge in [0.1, 0.15) is 30.8 Å². The smallest absolute Gasteiger partial charge is 0.394 e. The Kier molecular flexibility index (Phi) is 8.96. The fraction of sp³-hybridized carbons (Fsp3) is 0.533. The van der Waals surface area contributed by atoms with Crippen molar-refractivity contribution in [1.82, 2.24) is 0 Å². The first kappa shape index (κ1) is 25.1. The molecule has 0 amide bonds. The molecule has 1 fully saturated rings. The van der Waals surface area contributed by atoms with Crippen molar-refractivity contribution >= 4 is 29.7 Å². The Hall–Kier alpha value is -2.95. The molecule has 0 aromatic rings. The Morgan fingerprint density at radius 3 is 1.97 bits per heavy atom. The molecule has 1 aliphatic rings. The van der Waals surface area contributed by atoms with Gasteiger partial charge in [0.2, 0.25) is 11.6 Å². The summed E-state index contributed by atoms with van der Waals surface area (Å²) in [5, 5.41) is 48.2. The fourth-order valence-electron chi connectivity index (χ4n) is 2.02. The number of ketones is 1. The zero-order valence-electron chi connectivity index (χ0n) is 15.2. The molecule has 0 bridgehead atoms. The lowest BCUT2D eigenvalue weighted by Gasteiger charge is -2.44. The topological polar surface area (TPSA) is 233 Å². The number of aliphatic hydroxyl groups is 5. The van der Waals surface area contributed by atoms with Crippen LogP contribution in [0.25, 0.3) is 0 Å². The van der Waals surface area contributed by atoms with E-state index < -0.39 is 72.9 Å². The summed E-state index contributed by atoms with van der Waals surface area (Å²) in [4.78, 5) is 71.0. The molecule has 5 N–H and O–H groups in total. The monoisotopic (exact) mass is 438 g/mol. The van der Waals surface area contributed by atoms with Crippen LogP contribution in [0.5, 0.6) is 0 Å². The highest BCUT2D eigenvalue weighted by molar-refractivity contribution is 6.32. The summed E-state index contributed by atoms with van der Waals surface area (Å²) in [7, 11) is 0. The van der Waals surface area contributed by atoms with E-state index in [0.717, 1.165) is 6.92 Å². The largest absolute Gasteiger partial charge is 0.421 e. The first-order valence-corrected chi connectivity index (χ1v) is 7.99. The van der Waals surface area contributed by atoms with Crippen LogP contribution in [0.15, 0.2) is 12.2 Å². The number of ether oxygens (including phenoxy) is 1. The highest BCUT2D eigenvalue weighted by Gasteiger charge is 2.54. The molecule has 1 unspecified atom stereocenters. The van der Waals surface area contributed by atoms with Crippen molar-refractivity contribution in [3.8, 4) is 0 Å². The molecule has 0 saturated carbocycles. The molecule has 0 aromatic heterocycles. The molecule has 1 heterocycles. The minimum Gasteiger partial charge on any atom is -0.394 e. The summed E-state index contributed by atoms with van der Waals surface area (Å²) >= 11 is 0. The zero-order chi connectivity index (χ0) is 23.1. The molecule has 1 aliphatic heterocycles. The fourth-order valence-corrected chi connectivity index (χ4v) is 2.02. The molecule has 0 aliphatic carbocycles. The number of carbonyl (C=O) groups excluding carboxylic acids is 5. The second-order valence-corrected chi connectivity index (χ2v) is 5.81. The number of Topliss-reactive ketones (excluding diaryl/α,β-unsaturated/α-hetero) is 1. The number of rotatable bonds is 6. The van der Waals surface area contributed by atoms with Gasteiger partial charge < -0.3 is 30.3 Å². The van der Waals surface area contributed by atoms with E-state index >= 15 is 0 Å². The molecular formula is C15H18O15. The Morgan fingerprint density at radius 2 is 1.47 bits per heavy atom. The van der Waals surface area contributed by atoms with Crippen LogP contribution in [0.1, 0.15) is 13.3 Å². The van der Waals surface area contributed by atoms with Gasteiger partial charge in [0.15, 0.2) is 0 Å². The van der Waals surface area contributed by atoms with Crippen molar-refractivity contribution in [2.75, 3.05) is 6.61 Å². The molecule has 168 valence electrons. The van der Waals surface area contributed by atoms with Gasteiger partial charge in [-0.25, -0.2) is 38.7 Å². The standard InChI is InChI=1S/C15H18O15/c1-6(17)14(24)30-28-9(19)3-2-8(18)27-29-10(20)4-15(25)13(23)12(22)11(21)7(5-16)26-15/h2-3,7,11-13,16,21-23,25H,4-5H2,1H3/b3-2+/t7-,11-,12+,13-,15?/m1/s1. The summed E-state index contributed by atoms with van der Waals surface area (Å²) in [6.07, 6.45) is -7.93. The van der Waals surface area contributed by atoms with E-state index in [-0.39, 0.29) is 0 Å². The Morgan fingerprint density at radius 1 is 0.933 bits per heavy atom. The molecule has 15 heteroatoms. The molecule has 30 heavy (non-hydrogen) atoms. The van der Waals surface area contributed by atoms with Gasteiger partial charge in [-0.15, -0.1) is 0 Å². The van der Waals surface area contributed by atoms with Gasteiger partial charge in [0.25, 0.3) is 0 Å². The predicted molar refractivity (Wildman–Crippen MR) is 83.7 cm³/mol. The van der Waals surface area contributed by atoms with Crippen LogP contribution >= 0.6 is 0 Å². The van der Waals surface area contributed by atoms with E-state index in [4.69, 9.17) is 9.84 Å². The van der Waals surface area contributed by atoms with Crippen molar-refractivity contribution in [3.63, 3.8) is 0 Å². The van der Waals surface area contributed by atoms with Crippen molar-refractivity contribution in [2.45, 2.75) is 43.5 Å². The Bertz CT molecular complexity index is 713. The average molecular weight is 438 g/mol. The van der Waals surface area contributed by atoms with E-state index in [9.17, 15) is 44.4 Å². The minimum atomic E-state index is -2.80. The van der Waals surface area contributed by atoms with Crippen LogP contribution in [0.3, 0.4) is 0 Å². The maximum atomic E-state index is 11.7. The second kappa shape index (κ2) is 10.7. The van der Waals surface area contributed by atoms with Gasteiger partial charge in [-0.1, -0.05) is 0 Å². The van der Waals surface area contributed by atoms with Crippen LogP contribution in [0, 0.1) is 0 Å². The SMILES string of the molecule is CC(=O)C(=O)OOC(=O)/C=C/C(=O)OOC(=O)CC1(O)O[C@H](CO)[C@@H](O)[C@H](O)[C@H]1O. The van der Waals surface area contributed by atoms with Crippen molar-refractivity contribution in [1.29, 1.82) is 0 Å². The summed E-state index contributed by atoms with van der Waals surface area (Å²) in [5.41, 5.74) is 0. The van der Waals surface area contributed by atoms with Gasteiger partial charge >= 0.3 is 23.9 Å². The van der Waals surface area contributed by atoms with Crippen molar-refractivity contribution < 1.29 is 73.8 Å². The van der Waals surface area contributed by atoms with Gasteiger partial charge in [-0.3, -0.25) is 4.79 Å². The van der Waals surface area contributed by atoms with Crippen LogP contribution in [0.2, 0.25) is 0 Å². The molecule has 0 spiro atoms. The van der Waals surface area contributed by atoms with Gasteiger partial charge in [-0.05, 0) is 0 Å². The van der Waals surface area contributed by atoms with Crippen LogP contribution in [-0.2, 0) is 48.3 Å². The molecule has 1 saturated heterocycles. The van der Waals surface area contributed by atoms with Gasteiger partial charge in [0, 0.05) is 19.1 Å². The number of hydrogen-bond acceptors (Lipinski definition) is 15. The minimum absolute atomic E-state index is 0.375. The van der Waals surface area contributed by atoms with E-state index in [1.165, 1.54) is 0 Å². The van der Waals surface area contributed by atoms with Gasteiger partial charge in [-0.2, -0.15) is 0 Å². The quantitative estimate of drug-likeness (QED) is 0.114. The van der Waals surface area contributed by atoms with E-state index in [2.05, 4.69) is 19.6 Å². The third-order valence-electron chi connectivity index (χ3n) is 3.51. The molecule has 1 rings (SSSR count). The summed E-state index contributed by atoms with van der Waals surface area (Å²) in [6.45, 7) is -0.0295.